The predicted octanol–water partition coefficient (Wildman–Crippen LogP) is 4.34. The Labute approximate surface area is 137 Å². The third-order valence-corrected chi connectivity index (χ3v) is 4.56. The van der Waals surface area contributed by atoms with Crippen molar-refractivity contribution < 1.29 is 21.6 Å². The maximum absolute atomic E-state index is 13.0. The van der Waals surface area contributed by atoms with E-state index in [1.54, 1.807) is 30.3 Å². The lowest BCUT2D eigenvalue weighted by atomic mass is 10.2. The number of alkyl halides is 3. The third-order valence-electron chi connectivity index (χ3n) is 3.05. The van der Waals surface area contributed by atoms with Crippen LogP contribution in [0.1, 0.15) is 11.1 Å². The van der Waals surface area contributed by atoms with E-state index < -0.39 is 27.5 Å². The van der Waals surface area contributed by atoms with E-state index in [0.717, 1.165) is 11.6 Å². The quantitative estimate of drug-likeness (QED) is 0.858. The molecule has 2 aromatic rings. The molecule has 3 nitrogen and oxygen atoms in total. The highest BCUT2D eigenvalue weighted by Crippen LogP contribution is 2.36. The molecule has 0 aliphatic rings. The van der Waals surface area contributed by atoms with Gasteiger partial charge in [-0.1, -0.05) is 41.9 Å². The highest BCUT2D eigenvalue weighted by molar-refractivity contribution is 7.92. The standard InChI is InChI=1S/C15H13ClF3NO2S/c16-12-6-7-14(13(10-12)15(17,18)19)20-23(21,22)9-8-11-4-2-1-3-5-11/h1-7,10,20H,8-9H2. The average Bonchev–Trinajstić information content (AvgIpc) is 2.47. The summed E-state index contributed by atoms with van der Waals surface area (Å²) in [5.74, 6) is -0.322. The van der Waals surface area contributed by atoms with Gasteiger partial charge in [0.1, 0.15) is 0 Å². The number of halogens is 4. The van der Waals surface area contributed by atoms with Gasteiger partial charge < -0.3 is 0 Å². The molecule has 23 heavy (non-hydrogen) atoms. The average molecular weight is 364 g/mol. The van der Waals surface area contributed by atoms with Gasteiger partial charge in [0.15, 0.2) is 0 Å². The minimum Gasteiger partial charge on any atom is -0.283 e. The first kappa shape index (κ1) is 17.6. The van der Waals surface area contributed by atoms with Crippen molar-refractivity contribution in [2.24, 2.45) is 0 Å². The van der Waals surface area contributed by atoms with Gasteiger partial charge in [0.2, 0.25) is 10.0 Å². The van der Waals surface area contributed by atoms with E-state index in [0.29, 0.717) is 6.07 Å². The van der Waals surface area contributed by atoms with Crippen molar-refractivity contribution in [1.29, 1.82) is 0 Å². The van der Waals surface area contributed by atoms with Crippen LogP contribution in [-0.4, -0.2) is 14.2 Å². The van der Waals surface area contributed by atoms with Crippen LogP contribution < -0.4 is 4.72 Å². The lowest BCUT2D eigenvalue weighted by Gasteiger charge is -2.15. The molecule has 0 aromatic heterocycles. The number of benzene rings is 2. The van der Waals surface area contributed by atoms with Gasteiger partial charge in [0, 0.05) is 5.02 Å². The second-order valence-electron chi connectivity index (χ2n) is 4.84. The SMILES string of the molecule is O=S(=O)(CCc1ccccc1)Nc1ccc(Cl)cc1C(F)(F)F. The number of nitrogens with one attached hydrogen (secondary N) is 1. The van der Waals surface area contributed by atoms with Crippen LogP contribution in [-0.2, 0) is 22.6 Å². The molecule has 2 aromatic carbocycles. The maximum atomic E-state index is 13.0. The van der Waals surface area contributed by atoms with Gasteiger partial charge in [-0.2, -0.15) is 13.2 Å². The highest BCUT2D eigenvalue weighted by Gasteiger charge is 2.34. The van der Waals surface area contributed by atoms with Crippen molar-refractivity contribution in [2.75, 3.05) is 10.5 Å². The van der Waals surface area contributed by atoms with Crippen molar-refractivity contribution in [3.63, 3.8) is 0 Å². The van der Waals surface area contributed by atoms with Gasteiger partial charge in [-0.05, 0) is 30.2 Å². The Balaban J connectivity index is 2.17. The molecular weight excluding hydrogens is 351 g/mol. The maximum Gasteiger partial charge on any atom is 0.418 e. The molecular formula is C15H13ClF3NO2S. The first-order valence-electron chi connectivity index (χ1n) is 6.58. The molecule has 0 fully saturated rings. The summed E-state index contributed by atoms with van der Waals surface area (Å²) in [4.78, 5) is 0. The summed E-state index contributed by atoms with van der Waals surface area (Å²) >= 11 is 5.56. The summed E-state index contributed by atoms with van der Waals surface area (Å²) in [5.41, 5.74) is -0.867. The Morgan fingerprint density at radius 3 is 2.30 bits per heavy atom. The van der Waals surface area contributed by atoms with E-state index in [-0.39, 0.29) is 17.2 Å². The molecule has 0 saturated heterocycles. The number of hydrogen-bond acceptors (Lipinski definition) is 2. The lowest BCUT2D eigenvalue weighted by molar-refractivity contribution is -0.136. The Kier molecular flexibility index (Phi) is 5.21. The van der Waals surface area contributed by atoms with Crippen LogP contribution in [0, 0.1) is 0 Å². The molecule has 0 bridgehead atoms. The topological polar surface area (TPSA) is 46.2 Å². The van der Waals surface area contributed by atoms with Crippen LogP contribution in [0.15, 0.2) is 48.5 Å². The zero-order chi connectivity index (χ0) is 17.1. The molecule has 124 valence electrons. The van der Waals surface area contributed by atoms with Crippen molar-refractivity contribution in [2.45, 2.75) is 12.6 Å². The first-order chi connectivity index (χ1) is 10.7. The number of aryl methyl sites for hydroxylation is 1. The second kappa shape index (κ2) is 6.80. The molecule has 1 N–H and O–H groups in total. The van der Waals surface area contributed by atoms with Crippen LogP contribution in [0.3, 0.4) is 0 Å². The fourth-order valence-electron chi connectivity index (χ4n) is 1.96. The molecule has 0 unspecified atom stereocenters. The van der Waals surface area contributed by atoms with E-state index in [2.05, 4.69) is 0 Å². The normalized spacial score (nSPS) is 12.2. The molecule has 0 saturated carbocycles. The summed E-state index contributed by atoms with van der Waals surface area (Å²) in [6, 6.07) is 11.7. The van der Waals surface area contributed by atoms with Crippen LogP contribution in [0.2, 0.25) is 5.02 Å². The molecule has 0 heterocycles. The lowest BCUT2D eigenvalue weighted by Crippen LogP contribution is -2.20. The number of hydrogen-bond donors (Lipinski definition) is 1. The monoisotopic (exact) mass is 363 g/mol. The van der Waals surface area contributed by atoms with Crippen molar-refractivity contribution in [1.82, 2.24) is 0 Å². The minimum absolute atomic E-state index is 0.121. The van der Waals surface area contributed by atoms with Crippen molar-refractivity contribution >= 4 is 27.3 Å². The summed E-state index contributed by atoms with van der Waals surface area (Å²) < 4.78 is 64.9. The van der Waals surface area contributed by atoms with Gasteiger partial charge in [-0.3, -0.25) is 4.72 Å². The van der Waals surface area contributed by atoms with E-state index in [1.165, 1.54) is 6.07 Å². The summed E-state index contributed by atoms with van der Waals surface area (Å²) in [6.45, 7) is 0. The molecule has 0 radical (unpaired) electrons. The fourth-order valence-corrected chi connectivity index (χ4v) is 3.25. The minimum atomic E-state index is -4.71. The van der Waals surface area contributed by atoms with E-state index in [1.807, 2.05) is 4.72 Å². The Morgan fingerprint density at radius 1 is 1.04 bits per heavy atom. The zero-order valence-corrected chi connectivity index (χ0v) is 13.3. The van der Waals surface area contributed by atoms with Crippen LogP contribution in [0.5, 0.6) is 0 Å². The van der Waals surface area contributed by atoms with Crippen LogP contribution in [0.25, 0.3) is 0 Å². The van der Waals surface area contributed by atoms with Crippen LogP contribution >= 0.6 is 11.6 Å². The molecule has 0 aliphatic carbocycles. The van der Waals surface area contributed by atoms with Gasteiger partial charge >= 0.3 is 6.18 Å². The van der Waals surface area contributed by atoms with E-state index in [9.17, 15) is 21.6 Å². The summed E-state index contributed by atoms with van der Waals surface area (Å²) in [5, 5.41) is -0.121. The second-order valence-corrected chi connectivity index (χ2v) is 7.12. The Morgan fingerprint density at radius 2 is 1.70 bits per heavy atom. The molecule has 8 heteroatoms. The Bertz CT molecular complexity index is 777. The van der Waals surface area contributed by atoms with Crippen LogP contribution in [0.4, 0.5) is 18.9 Å². The first-order valence-corrected chi connectivity index (χ1v) is 8.61. The van der Waals surface area contributed by atoms with Gasteiger partial charge in [-0.25, -0.2) is 8.42 Å². The van der Waals surface area contributed by atoms with Crippen molar-refractivity contribution in [3.05, 3.63) is 64.7 Å². The molecule has 0 atom stereocenters. The smallest absolute Gasteiger partial charge is 0.283 e. The number of sulfonamides is 1. The largest absolute Gasteiger partial charge is 0.418 e. The molecule has 0 spiro atoms. The Hall–Kier alpha value is -1.73. The molecule has 0 amide bonds. The zero-order valence-electron chi connectivity index (χ0n) is 11.8. The highest BCUT2D eigenvalue weighted by atomic mass is 35.5. The van der Waals surface area contributed by atoms with Gasteiger partial charge in [0.25, 0.3) is 0 Å². The van der Waals surface area contributed by atoms with Gasteiger partial charge in [-0.15, -0.1) is 0 Å². The van der Waals surface area contributed by atoms with E-state index >= 15 is 0 Å². The molecule has 2 rings (SSSR count). The van der Waals surface area contributed by atoms with E-state index in [4.69, 9.17) is 11.6 Å². The fraction of sp³-hybridized carbons (Fsp3) is 0.200. The summed E-state index contributed by atoms with van der Waals surface area (Å²) in [6.07, 6.45) is -4.51. The predicted molar refractivity (Wildman–Crippen MR) is 84.0 cm³/mol. The third kappa shape index (κ3) is 5.14. The number of rotatable bonds is 5. The number of anilines is 1. The van der Waals surface area contributed by atoms with Gasteiger partial charge in [0.05, 0.1) is 17.0 Å². The molecule has 0 aliphatic heterocycles. The van der Waals surface area contributed by atoms with Crippen molar-refractivity contribution in [3.8, 4) is 0 Å². The summed E-state index contributed by atoms with van der Waals surface area (Å²) in [7, 11) is -3.92.